The Hall–Kier alpha value is -1.71. The number of rotatable bonds is 6. The molecule has 3 unspecified atom stereocenters. The largest absolute Gasteiger partial charge is 0.378 e. The number of nitrogens with zero attached hydrogens (tertiary/aromatic N) is 2. The van der Waals surface area contributed by atoms with Crippen molar-refractivity contribution in [2.75, 3.05) is 52.5 Å². The summed E-state index contributed by atoms with van der Waals surface area (Å²) in [5, 5.41) is 5.76. The summed E-state index contributed by atoms with van der Waals surface area (Å²) >= 11 is 0. The third-order valence-corrected chi connectivity index (χ3v) is 5.82. The molecule has 3 fully saturated rings. The standard InChI is InChI=1S/C21H36N4O5/c1-21(2,3)12-15(22-20(28)25-8-10-29-11-9-25)19(27)23-18-16(26)14-30-17(18)13-24-6-4-5-7-24/h15,17-18H,4-14H2,1-3H3,(H,22,28)(H,23,27). The van der Waals surface area contributed by atoms with Gasteiger partial charge in [-0.3, -0.25) is 9.59 Å². The maximum Gasteiger partial charge on any atom is 0.318 e. The lowest BCUT2D eigenvalue weighted by atomic mass is 9.87. The Bertz CT molecular complexity index is 623. The summed E-state index contributed by atoms with van der Waals surface area (Å²) in [5.41, 5.74) is -0.175. The molecule has 2 N–H and O–H groups in total. The molecule has 0 saturated carbocycles. The van der Waals surface area contributed by atoms with Gasteiger partial charge in [-0.15, -0.1) is 0 Å². The summed E-state index contributed by atoms with van der Waals surface area (Å²) in [6.07, 6.45) is 2.43. The Kier molecular flexibility index (Phi) is 7.70. The van der Waals surface area contributed by atoms with E-state index >= 15 is 0 Å². The summed E-state index contributed by atoms with van der Waals surface area (Å²) < 4.78 is 11.0. The Labute approximate surface area is 178 Å². The number of hydrogen-bond acceptors (Lipinski definition) is 6. The van der Waals surface area contributed by atoms with E-state index in [1.807, 2.05) is 20.8 Å². The van der Waals surface area contributed by atoms with Crippen molar-refractivity contribution in [2.45, 2.75) is 58.2 Å². The number of ether oxygens (including phenoxy) is 2. The van der Waals surface area contributed by atoms with Crippen LogP contribution in [0.3, 0.4) is 0 Å². The summed E-state index contributed by atoms with van der Waals surface area (Å²) in [6, 6.07) is -1.66. The third-order valence-electron chi connectivity index (χ3n) is 5.82. The quantitative estimate of drug-likeness (QED) is 0.640. The first-order valence-electron chi connectivity index (χ1n) is 11.0. The Morgan fingerprint density at radius 3 is 2.43 bits per heavy atom. The van der Waals surface area contributed by atoms with Crippen LogP contribution >= 0.6 is 0 Å². The van der Waals surface area contributed by atoms with Crippen LogP contribution < -0.4 is 10.6 Å². The van der Waals surface area contributed by atoms with Crippen molar-refractivity contribution in [1.82, 2.24) is 20.4 Å². The molecule has 9 heteroatoms. The molecular formula is C21H36N4O5. The molecule has 30 heavy (non-hydrogen) atoms. The van der Waals surface area contributed by atoms with Gasteiger partial charge in [0.25, 0.3) is 0 Å². The zero-order valence-electron chi connectivity index (χ0n) is 18.4. The average molecular weight is 425 g/mol. The number of amides is 3. The van der Waals surface area contributed by atoms with Crippen LogP contribution in [-0.2, 0) is 19.1 Å². The fraction of sp³-hybridized carbons (Fsp3) is 0.857. The second-order valence-electron chi connectivity index (χ2n) is 9.68. The molecule has 0 aliphatic carbocycles. The van der Waals surface area contributed by atoms with Crippen LogP contribution in [0.4, 0.5) is 4.79 Å². The third kappa shape index (κ3) is 6.39. The van der Waals surface area contributed by atoms with E-state index in [0.29, 0.717) is 39.3 Å². The van der Waals surface area contributed by atoms with Crippen molar-refractivity contribution in [3.8, 4) is 0 Å². The van der Waals surface area contributed by atoms with E-state index in [9.17, 15) is 14.4 Å². The average Bonchev–Trinajstić information content (AvgIpc) is 3.32. The number of Topliss-reactive ketones (excluding diaryl/α,β-unsaturated/α-hetero) is 1. The Balaban J connectivity index is 1.63. The van der Waals surface area contributed by atoms with Crippen molar-refractivity contribution in [3.63, 3.8) is 0 Å². The monoisotopic (exact) mass is 424 g/mol. The minimum atomic E-state index is -0.721. The molecule has 3 atom stereocenters. The molecule has 0 aromatic carbocycles. The number of urea groups is 1. The van der Waals surface area contributed by atoms with Crippen LogP contribution in [0.2, 0.25) is 0 Å². The van der Waals surface area contributed by atoms with Crippen LogP contribution in [-0.4, -0.2) is 98.3 Å². The molecule has 0 aromatic heterocycles. The van der Waals surface area contributed by atoms with Crippen LogP contribution in [0, 0.1) is 5.41 Å². The number of hydrogen-bond donors (Lipinski definition) is 2. The van der Waals surface area contributed by atoms with Crippen LogP contribution in [0.15, 0.2) is 0 Å². The molecule has 0 bridgehead atoms. The van der Waals surface area contributed by atoms with E-state index in [4.69, 9.17) is 9.47 Å². The smallest absolute Gasteiger partial charge is 0.318 e. The Morgan fingerprint density at radius 2 is 1.80 bits per heavy atom. The van der Waals surface area contributed by atoms with Crippen molar-refractivity contribution in [2.24, 2.45) is 5.41 Å². The van der Waals surface area contributed by atoms with E-state index < -0.39 is 12.1 Å². The minimum Gasteiger partial charge on any atom is -0.378 e. The number of likely N-dealkylation sites (tertiary alicyclic amines) is 1. The molecule has 0 radical (unpaired) electrons. The van der Waals surface area contributed by atoms with Gasteiger partial charge in [-0.05, 0) is 37.8 Å². The van der Waals surface area contributed by atoms with Crippen molar-refractivity contribution in [3.05, 3.63) is 0 Å². The van der Waals surface area contributed by atoms with Crippen molar-refractivity contribution < 1.29 is 23.9 Å². The lowest BCUT2D eigenvalue weighted by molar-refractivity contribution is -0.128. The summed E-state index contributed by atoms with van der Waals surface area (Å²) in [4.78, 5) is 42.1. The highest BCUT2D eigenvalue weighted by atomic mass is 16.5. The van der Waals surface area contributed by atoms with Gasteiger partial charge in [-0.25, -0.2) is 4.79 Å². The first-order chi connectivity index (χ1) is 14.2. The zero-order valence-corrected chi connectivity index (χ0v) is 18.4. The number of morpholine rings is 1. The predicted octanol–water partition coefficient (Wildman–Crippen LogP) is 0.382. The number of ketones is 1. The van der Waals surface area contributed by atoms with Crippen LogP contribution in [0.25, 0.3) is 0 Å². The molecule has 3 aliphatic heterocycles. The highest BCUT2D eigenvalue weighted by Crippen LogP contribution is 2.22. The first kappa shape index (κ1) is 23.0. The van der Waals surface area contributed by atoms with Gasteiger partial charge in [0.05, 0.1) is 19.3 Å². The van der Waals surface area contributed by atoms with E-state index in [1.54, 1.807) is 4.90 Å². The minimum absolute atomic E-state index is 0.0214. The van der Waals surface area contributed by atoms with E-state index in [2.05, 4.69) is 15.5 Å². The number of carbonyl (C=O) groups is 3. The van der Waals surface area contributed by atoms with Gasteiger partial charge in [-0.2, -0.15) is 0 Å². The lowest BCUT2D eigenvalue weighted by Gasteiger charge is -2.32. The fourth-order valence-corrected chi connectivity index (χ4v) is 4.22. The topological polar surface area (TPSA) is 100 Å². The molecule has 0 spiro atoms. The summed E-state index contributed by atoms with van der Waals surface area (Å²) in [6.45, 7) is 10.7. The Morgan fingerprint density at radius 1 is 1.13 bits per heavy atom. The molecular weight excluding hydrogens is 388 g/mol. The molecule has 170 valence electrons. The van der Waals surface area contributed by atoms with Gasteiger partial charge < -0.3 is 29.9 Å². The van der Waals surface area contributed by atoms with Gasteiger partial charge in [0.15, 0.2) is 5.78 Å². The van der Waals surface area contributed by atoms with Crippen LogP contribution in [0.5, 0.6) is 0 Å². The fourth-order valence-electron chi connectivity index (χ4n) is 4.22. The van der Waals surface area contributed by atoms with Gasteiger partial charge in [0.2, 0.25) is 5.91 Å². The molecule has 3 heterocycles. The van der Waals surface area contributed by atoms with E-state index in [-0.39, 0.29) is 35.8 Å². The molecule has 3 amide bonds. The van der Waals surface area contributed by atoms with Gasteiger partial charge in [-0.1, -0.05) is 20.8 Å². The predicted molar refractivity (Wildman–Crippen MR) is 111 cm³/mol. The highest BCUT2D eigenvalue weighted by Gasteiger charge is 2.40. The van der Waals surface area contributed by atoms with E-state index in [1.165, 1.54) is 0 Å². The number of carbonyl (C=O) groups excluding carboxylic acids is 3. The highest BCUT2D eigenvalue weighted by molar-refractivity contribution is 5.94. The lowest BCUT2D eigenvalue weighted by Crippen LogP contribution is -2.58. The maximum atomic E-state index is 13.1. The van der Waals surface area contributed by atoms with Crippen molar-refractivity contribution in [1.29, 1.82) is 0 Å². The SMILES string of the molecule is CC(C)(C)CC(NC(=O)N1CCOCC1)C(=O)NC1C(=O)COC1CN1CCCC1. The second kappa shape index (κ2) is 10.1. The van der Waals surface area contributed by atoms with Gasteiger partial charge >= 0.3 is 6.03 Å². The molecule has 3 saturated heterocycles. The summed E-state index contributed by atoms with van der Waals surface area (Å²) in [7, 11) is 0. The zero-order chi connectivity index (χ0) is 21.7. The van der Waals surface area contributed by atoms with E-state index in [0.717, 1.165) is 25.9 Å². The normalized spacial score (nSPS) is 26.6. The maximum absolute atomic E-state index is 13.1. The molecule has 0 aromatic rings. The molecule has 9 nitrogen and oxygen atoms in total. The first-order valence-corrected chi connectivity index (χ1v) is 11.0. The van der Waals surface area contributed by atoms with Crippen LogP contribution in [0.1, 0.15) is 40.0 Å². The number of nitrogens with one attached hydrogen (secondary N) is 2. The van der Waals surface area contributed by atoms with Gasteiger partial charge in [0, 0.05) is 19.6 Å². The van der Waals surface area contributed by atoms with Crippen molar-refractivity contribution >= 4 is 17.7 Å². The molecule has 3 aliphatic rings. The second-order valence-corrected chi connectivity index (χ2v) is 9.68. The van der Waals surface area contributed by atoms with Gasteiger partial charge in [0.1, 0.15) is 18.7 Å². The molecule has 3 rings (SSSR count). The summed E-state index contributed by atoms with van der Waals surface area (Å²) in [5.74, 6) is -0.441.